The first kappa shape index (κ1) is 14.7. The maximum atomic E-state index is 12.1. The molecule has 21 heavy (non-hydrogen) atoms. The summed E-state index contributed by atoms with van der Waals surface area (Å²) >= 11 is 1.74. The first-order valence-corrected chi connectivity index (χ1v) is 8.71. The van der Waals surface area contributed by atoms with Crippen LogP contribution in [0.4, 0.5) is 4.79 Å². The van der Waals surface area contributed by atoms with E-state index in [2.05, 4.69) is 22.8 Å². The summed E-state index contributed by atoms with van der Waals surface area (Å²) in [6.07, 6.45) is 3.09. The Morgan fingerprint density at radius 1 is 1.38 bits per heavy atom. The maximum absolute atomic E-state index is 12.1. The number of benzene rings is 1. The molecule has 0 bridgehead atoms. The molecule has 1 aliphatic carbocycles. The molecule has 5 heteroatoms. The molecule has 2 unspecified atom stereocenters. The van der Waals surface area contributed by atoms with E-state index in [1.165, 1.54) is 12.8 Å². The topological polar surface area (TPSA) is 61.4 Å². The molecule has 4 nitrogen and oxygen atoms in total. The molecule has 1 aromatic rings. The van der Waals surface area contributed by atoms with Crippen molar-refractivity contribution in [3.05, 3.63) is 35.9 Å². The second-order valence-corrected chi connectivity index (χ2v) is 7.18. The van der Waals surface area contributed by atoms with Gasteiger partial charge in [0.15, 0.2) is 0 Å². The number of nitrogens with one attached hydrogen (secondary N) is 2. The van der Waals surface area contributed by atoms with Gasteiger partial charge in [0.05, 0.1) is 11.6 Å². The molecule has 3 rings (SSSR count). The van der Waals surface area contributed by atoms with Crippen molar-refractivity contribution in [1.82, 2.24) is 10.6 Å². The molecule has 2 fully saturated rings. The highest BCUT2D eigenvalue weighted by molar-refractivity contribution is 7.99. The maximum Gasteiger partial charge on any atom is 0.315 e. The number of carbonyl (C=O) groups excluding carboxylic acids is 1. The van der Waals surface area contributed by atoms with Crippen LogP contribution < -0.4 is 10.6 Å². The van der Waals surface area contributed by atoms with E-state index in [0.29, 0.717) is 18.2 Å². The fourth-order valence-electron chi connectivity index (χ4n) is 2.74. The zero-order valence-electron chi connectivity index (χ0n) is 12.0. The van der Waals surface area contributed by atoms with Crippen molar-refractivity contribution >= 4 is 17.8 Å². The number of hydrogen-bond donors (Lipinski definition) is 3. The molecule has 1 saturated heterocycles. The zero-order valence-corrected chi connectivity index (χ0v) is 12.9. The molecule has 2 amide bonds. The van der Waals surface area contributed by atoms with E-state index in [9.17, 15) is 9.90 Å². The van der Waals surface area contributed by atoms with Crippen LogP contribution in [-0.4, -0.2) is 34.8 Å². The van der Waals surface area contributed by atoms with Crippen molar-refractivity contribution in [2.24, 2.45) is 5.92 Å². The lowest BCUT2D eigenvalue weighted by molar-refractivity contribution is 0.0698. The van der Waals surface area contributed by atoms with Crippen molar-refractivity contribution in [1.29, 1.82) is 0 Å². The van der Waals surface area contributed by atoms with E-state index in [4.69, 9.17) is 0 Å². The van der Waals surface area contributed by atoms with E-state index in [1.807, 2.05) is 18.2 Å². The molecule has 2 aliphatic rings. The first-order chi connectivity index (χ1) is 10.2. The van der Waals surface area contributed by atoms with Crippen LogP contribution in [0, 0.1) is 5.92 Å². The molecule has 3 N–H and O–H groups in total. The summed E-state index contributed by atoms with van der Waals surface area (Å²) in [5, 5.41) is 16.2. The van der Waals surface area contributed by atoms with E-state index < -0.39 is 5.60 Å². The Kier molecular flexibility index (Phi) is 4.40. The van der Waals surface area contributed by atoms with Gasteiger partial charge in [-0.25, -0.2) is 4.79 Å². The predicted octanol–water partition coefficient (Wildman–Crippen LogP) is 2.30. The summed E-state index contributed by atoms with van der Waals surface area (Å²) < 4.78 is 0. The average Bonchev–Trinajstić information content (AvgIpc) is 3.25. The molecule has 1 heterocycles. The van der Waals surface area contributed by atoms with Gasteiger partial charge in [0, 0.05) is 12.3 Å². The fourth-order valence-corrected chi connectivity index (χ4v) is 4.03. The third-order valence-corrected chi connectivity index (χ3v) is 5.43. The van der Waals surface area contributed by atoms with Crippen LogP contribution in [0.3, 0.4) is 0 Å². The molecule has 1 aliphatic heterocycles. The average molecular weight is 306 g/mol. The predicted molar refractivity (Wildman–Crippen MR) is 85.3 cm³/mol. The molecular weight excluding hydrogens is 284 g/mol. The number of rotatable bonds is 5. The van der Waals surface area contributed by atoms with Gasteiger partial charge >= 0.3 is 6.03 Å². The Morgan fingerprint density at radius 2 is 2.14 bits per heavy atom. The summed E-state index contributed by atoms with van der Waals surface area (Å²) in [5.74, 6) is 2.22. The summed E-state index contributed by atoms with van der Waals surface area (Å²) in [6.45, 7) is 0.331. The zero-order chi connectivity index (χ0) is 14.7. The van der Waals surface area contributed by atoms with Gasteiger partial charge in [-0.15, -0.1) is 0 Å². The van der Waals surface area contributed by atoms with Crippen LogP contribution in [0.2, 0.25) is 0 Å². The Labute approximate surface area is 129 Å². The molecule has 0 radical (unpaired) electrons. The number of hydrogen-bond acceptors (Lipinski definition) is 3. The van der Waals surface area contributed by atoms with E-state index in [1.54, 1.807) is 11.8 Å². The van der Waals surface area contributed by atoms with E-state index >= 15 is 0 Å². The van der Waals surface area contributed by atoms with Crippen molar-refractivity contribution in [2.75, 3.05) is 18.1 Å². The lowest BCUT2D eigenvalue weighted by atomic mass is 10.0. The fraction of sp³-hybridized carbons (Fsp3) is 0.562. The number of thioether (sulfide) groups is 1. The van der Waals surface area contributed by atoms with Gasteiger partial charge < -0.3 is 15.7 Å². The van der Waals surface area contributed by atoms with Crippen LogP contribution in [0.1, 0.15) is 30.9 Å². The highest BCUT2D eigenvalue weighted by Gasteiger charge is 2.35. The normalized spacial score (nSPS) is 26.3. The van der Waals surface area contributed by atoms with Crippen LogP contribution >= 0.6 is 11.8 Å². The molecule has 1 aromatic carbocycles. The highest BCUT2D eigenvalue weighted by atomic mass is 32.2. The quantitative estimate of drug-likeness (QED) is 0.782. The molecule has 2 atom stereocenters. The van der Waals surface area contributed by atoms with E-state index in [0.717, 1.165) is 17.7 Å². The van der Waals surface area contributed by atoms with Gasteiger partial charge in [-0.2, -0.15) is 11.8 Å². The van der Waals surface area contributed by atoms with Crippen molar-refractivity contribution in [3.8, 4) is 0 Å². The second kappa shape index (κ2) is 6.28. The molecule has 114 valence electrons. The van der Waals surface area contributed by atoms with Gasteiger partial charge in [0.1, 0.15) is 0 Å². The summed E-state index contributed by atoms with van der Waals surface area (Å²) in [7, 11) is 0. The second-order valence-electron chi connectivity index (χ2n) is 6.08. The van der Waals surface area contributed by atoms with Crippen molar-refractivity contribution < 1.29 is 9.90 Å². The lowest BCUT2D eigenvalue weighted by Crippen LogP contribution is -2.47. The minimum absolute atomic E-state index is 0.0822. The van der Waals surface area contributed by atoms with Crippen LogP contribution in [-0.2, 0) is 0 Å². The van der Waals surface area contributed by atoms with Gasteiger partial charge in [-0.3, -0.25) is 0 Å². The molecule has 1 saturated carbocycles. The Bertz CT molecular complexity index is 484. The third-order valence-electron chi connectivity index (χ3n) is 4.20. The minimum Gasteiger partial charge on any atom is -0.387 e. The van der Waals surface area contributed by atoms with Crippen molar-refractivity contribution in [3.63, 3.8) is 0 Å². The summed E-state index contributed by atoms with van der Waals surface area (Å²) in [4.78, 5) is 12.1. The largest absolute Gasteiger partial charge is 0.387 e. The highest BCUT2D eigenvalue weighted by Crippen LogP contribution is 2.40. The van der Waals surface area contributed by atoms with Gasteiger partial charge in [-0.05, 0) is 36.5 Å². The lowest BCUT2D eigenvalue weighted by Gasteiger charge is -2.24. The van der Waals surface area contributed by atoms with Crippen molar-refractivity contribution in [2.45, 2.75) is 30.9 Å². The number of amides is 2. The van der Waals surface area contributed by atoms with Gasteiger partial charge in [0.25, 0.3) is 0 Å². The standard InChI is InChI=1S/C16H22N2O2S/c19-15(17-10-16(20)8-9-21-11-16)18-14(13-6-7-13)12-4-2-1-3-5-12/h1-5,13-14,20H,6-11H2,(H2,17,18,19). The SMILES string of the molecule is O=C(NCC1(O)CCSC1)NC(c1ccccc1)C1CC1. The number of urea groups is 1. The first-order valence-electron chi connectivity index (χ1n) is 7.56. The minimum atomic E-state index is -0.732. The molecular formula is C16H22N2O2S. The number of carbonyl (C=O) groups is 1. The van der Waals surface area contributed by atoms with Crippen LogP contribution in [0.25, 0.3) is 0 Å². The van der Waals surface area contributed by atoms with Crippen LogP contribution in [0.5, 0.6) is 0 Å². The Morgan fingerprint density at radius 3 is 2.76 bits per heavy atom. The summed E-state index contributed by atoms with van der Waals surface area (Å²) in [5.41, 5.74) is 0.425. The Balaban J connectivity index is 1.55. The summed E-state index contributed by atoms with van der Waals surface area (Å²) in [6, 6.07) is 10.0. The Hall–Kier alpha value is -1.20. The molecule has 0 spiro atoms. The number of aliphatic hydroxyl groups is 1. The molecule has 0 aromatic heterocycles. The monoisotopic (exact) mass is 306 g/mol. The van der Waals surface area contributed by atoms with E-state index in [-0.39, 0.29) is 12.1 Å². The smallest absolute Gasteiger partial charge is 0.315 e. The van der Waals surface area contributed by atoms with Gasteiger partial charge in [0.2, 0.25) is 0 Å². The van der Waals surface area contributed by atoms with Crippen LogP contribution in [0.15, 0.2) is 30.3 Å². The van der Waals surface area contributed by atoms with Gasteiger partial charge in [-0.1, -0.05) is 30.3 Å². The third kappa shape index (κ3) is 3.92.